The van der Waals surface area contributed by atoms with Crippen molar-refractivity contribution < 1.29 is 28.6 Å². The fraction of sp³-hybridized carbons (Fsp3) is 0.635. The van der Waals surface area contributed by atoms with Crippen molar-refractivity contribution >= 4 is 17.9 Å². The smallest absolute Gasteiger partial charge is 0.306 e. The first kappa shape index (κ1) is 64.8. The summed E-state index contributed by atoms with van der Waals surface area (Å²) in [6.45, 7) is 6.36. The average molecular weight is 956 g/mol. The summed E-state index contributed by atoms with van der Waals surface area (Å²) in [6.07, 6.45) is 77.8. The van der Waals surface area contributed by atoms with E-state index >= 15 is 0 Å². The summed E-state index contributed by atoms with van der Waals surface area (Å²) >= 11 is 0. The van der Waals surface area contributed by atoms with E-state index in [9.17, 15) is 14.4 Å². The highest BCUT2D eigenvalue weighted by atomic mass is 16.6. The second-order valence-electron chi connectivity index (χ2n) is 18.1. The molecule has 0 N–H and O–H groups in total. The molecule has 6 heteroatoms. The number of carbonyl (C=O) groups is 3. The highest BCUT2D eigenvalue weighted by Gasteiger charge is 2.19. The Morgan fingerprint density at radius 1 is 0.319 bits per heavy atom. The minimum atomic E-state index is -0.836. The number of allylic oxidation sites excluding steroid dienone is 20. The molecule has 0 amide bonds. The highest BCUT2D eigenvalue weighted by Crippen LogP contribution is 2.14. The summed E-state index contributed by atoms with van der Waals surface area (Å²) in [5.41, 5.74) is 0. The molecule has 390 valence electrons. The van der Waals surface area contributed by atoms with Crippen LogP contribution in [-0.2, 0) is 28.6 Å². The minimum Gasteiger partial charge on any atom is -0.462 e. The van der Waals surface area contributed by atoms with Crippen molar-refractivity contribution in [2.24, 2.45) is 0 Å². The van der Waals surface area contributed by atoms with Gasteiger partial charge in [-0.3, -0.25) is 14.4 Å². The molecule has 0 saturated carbocycles. The van der Waals surface area contributed by atoms with Crippen LogP contribution in [0.2, 0.25) is 0 Å². The number of carbonyl (C=O) groups excluding carboxylic acids is 3. The van der Waals surface area contributed by atoms with E-state index in [1.165, 1.54) is 116 Å². The molecule has 0 aliphatic heterocycles. The second-order valence-corrected chi connectivity index (χ2v) is 18.1. The fourth-order valence-corrected chi connectivity index (χ4v) is 7.28. The van der Waals surface area contributed by atoms with Gasteiger partial charge in [0.15, 0.2) is 6.10 Å². The van der Waals surface area contributed by atoms with Crippen molar-refractivity contribution in [2.75, 3.05) is 13.2 Å². The lowest BCUT2D eigenvalue weighted by Crippen LogP contribution is -2.30. The van der Waals surface area contributed by atoms with E-state index < -0.39 is 6.10 Å². The Morgan fingerprint density at radius 3 is 1.06 bits per heavy atom. The van der Waals surface area contributed by atoms with Crippen molar-refractivity contribution in [1.82, 2.24) is 0 Å². The monoisotopic (exact) mass is 955 g/mol. The van der Waals surface area contributed by atoms with E-state index in [1.54, 1.807) is 0 Å². The summed E-state index contributed by atoms with van der Waals surface area (Å²) in [7, 11) is 0. The van der Waals surface area contributed by atoms with Crippen LogP contribution < -0.4 is 0 Å². The van der Waals surface area contributed by atoms with Crippen molar-refractivity contribution in [2.45, 2.75) is 245 Å². The summed E-state index contributed by atoms with van der Waals surface area (Å²) in [5.74, 6) is -1.09. The van der Waals surface area contributed by atoms with Gasteiger partial charge in [0.2, 0.25) is 0 Å². The Morgan fingerprint density at radius 2 is 0.638 bits per heavy atom. The number of ether oxygens (including phenoxy) is 3. The Hall–Kier alpha value is -4.19. The molecule has 0 heterocycles. The van der Waals surface area contributed by atoms with Gasteiger partial charge in [-0.25, -0.2) is 0 Å². The summed E-state index contributed by atoms with van der Waals surface area (Å²) in [6, 6.07) is 0. The van der Waals surface area contributed by atoms with Gasteiger partial charge < -0.3 is 14.2 Å². The van der Waals surface area contributed by atoms with E-state index in [4.69, 9.17) is 14.2 Å². The quantitative estimate of drug-likeness (QED) is 0.0199. The van der Waals surface area contributed by atoms with E-state index in [2.05, 4.69) is 124 Å². The van der Waals surface area contributed by atoms with Crippen LogP contribution in [0.3, 0.4) is 0 Å². The predicted molar refractivity (Wildman–Crippen MR) is 297 cm³/mol. The molecule has 0 aromatic heterocycles. The van der Waals surface area contributed by atoms with Crippen LogP contribution in [0.15, 0.2) is 122 Å². The molecule has 1 unspecified atom stereocenters. The van der Waals surface area contributed by atoms with Gasteiger partial charge in [-0.15, -0.1) is 0 Å². The van der Waals surface area contributed by atoms with Crippen molar-refractivity contribution in [3.8, 4) is 0 Å². The molecule has 1 atom stereocenters. The number of hydrogen-bond donors (Lipinski definition) is 0. The van der Waals surface area contributed by atoms with Crippen LogP contribution in [0, 0.1) is 0 Å². The minimum absolute atomic E-state index is 0.136. The van der Waals surface area contributed by atoms with Gasteiger partial charge in [0.1, 0.15) is 13.2 Å². The van der Waals surface area contributed by atoms with Gasteiger partial charge in [-0.1, -0.05) is 239 Å². The standard InChI is InChI=1S/C63H102O6/c1-4-7-10-13-16-19-22-25-27-29-31-33-35-38-41-44-47-50-53-56-62(65)68-59-60(58-67-61(64)55-52-49-46-43-40-37-24-21-18-15-12-9-6-3)69-63(66)57-54-51-48-45-42-39-36-34-32-30-28-26-23-20-17-14-11-8-5-2/h7,10,16-17,19-20,23,25-27,31,33,37-38,40-41,46-47,49-50,60H,4-6,8-9,11-15,18,21-22,24,28-30,32,34-36,39,42-45,48,51-59H2,1-3H3/b10-7-,19-16-,20-17-,26-23-,27-25-,33-31-,40-37-,41-38-,49-46-,50-47-. The Labute approximate surface area is 424 Å². The Bertz CT molecular complexity index is 1470. The molecule has 0 aliphatic carbocycles. The molecule has 0 spiro atoms. The third kappa shape index (κ3) is 54.6. The number of hydrogen-bond acceptors (Lipinski definition) is 6. The molecule has 0 fully saturated rings. The van der Waals surface area contributed by atoms with Crippen molar-refractivity contribution in [3.05, 3.63) is 122 Å². The zero-order valence-corrected chi connectivity index (χ0v) is 44.5. The van der Waals surface area contributed by atoms with Crippen LogP contribution in [0.1, 0.15) is 239 Å². The summed E-state index contributed by atoms with van der Waals surface area (Å²) in [4.78, 5) is 38.0. The van der Waals surface area contributed by atoms with Gasteiger partial charge in [0, 0.05) is 19.3 Å². The lowest BCUT2D eigenvalue weighted by molar-refractivity contribution is -0.166. The molecule has 0 aromatic carbocycles. The maximum atomic E-state index is 12.8. The van der Waals surface area contributed by atoms with Gasteiger partial charge in [-0.05, 0) is 103 Å². The van der Waals surface area contributed by atoms with Crippen LogP contribution in [0.5, 0.6) is 0 Å². The van der Waals surface area contributed by atoms with Crippen LogP contribution >= 0.6 is 0 Å². The van der Waals surface area contributed by atoms with Gasteiger partial charge in [0.05, 0.1) is 0 Å². The molecule has 0 rings (SSSR count). The van der Waals surface area contributed by atoms with E-state index in [0.717, 1.165) is 70.6 Å². The molecule has 0 aromatic rings. The molecular weight excluding hydrogens is 853 g/mol. The van der Waals surface area contributed by atoms with E-state index in [-0.39, 0.29) is 44.0 Å². The normalized spacial score (nSPS) is 13.0. The predicted octanol–water partition coefficient (Wildman–Crippen LogP) is 18.9. The topological polar surface area (TPSA) is 78.9 Å². The molecule has 69 heavy (non-hydrogen) atoms. The average Bonchev–Trinajstić information content (AvgIpc) is 3.35. The lowest BCUT2D eigenvalue weighted by Gasteiger charge is -2.18. The van der Waals surface area contributed by atoms with Crippen molar-refractivity contribution in [1.29, 1.82) is 0 Å². The Kier molecular flexibility index (Phi) is 53.0. The SMILES string of the molecule is CC/C=C\C/C=C\C/C=C\C/C=C\C/C=C\C/C=C\CCC(=O)OCC(COC(=O)CC/C=C\C/C=C\CCCCCCCC)OC(=O)CCCCCCCCCCCC/C=C\C=C/CCCCC. The highest BCUT2D eigenvalue weighted by molar-refractivity contribution is 5.71. The first-order valence-electron chi connectivity index (χ1n) is 28.1. The first-order valence-corrected chi connectivity index (χ1v) is 28.1. The molecule has 6 nitrogen and oxygen atoms in total. The van der Waals surface area contributed by atoms with E-state index in [1.807, 2.05) is 18.2 Å². The molecule has 0 radical (unpaired) electrons. The Balaban J connectivity index is 4.55. The maximum absolute atomic E-state index is 12.8. The largest absolute Gasteiger partial charge is 0.462 e. The summed E-state index contributed by atoms with van der Waals surface area (Å²) < 4.78 is 16.7. The third-order valence-electron chi connectivity index (χ3n) is 11.5. The van der Waals surface area contributed by atoms with Crippen LogP contribution in [0.4, 0.5) is 0 Å². The van der Waals surface area contributed by atoms with Gasteiger partial charge in [0.25, 0.3) is 0 Å². The third-order valence-corrected chi connectivity index (χ3v) is 11.5. The first-order chi connectivity index (χ1) is 34.0. The molecular formula is C63H102O6. The van der Waals surface area contributed by atoms with Crippen molar-refractivity contribution in [3.63, 3.8) is 0 Å². The van der Waals surface area contributed by atoms with E-state index in [0.29, 0.717) is 19.3 Å². The molecule has 0 aliphatic rings. The van der Waals surface area contributed by atoms with Gasteiger partial charge in [-0.2, -0.15) is 0 Å². The maximum Gasteiger partial charge on any atom is 0.306 e. The molecule has 0 saturated heterocycles. The number of rotatable bonds is 49. The second kappa shape index (κ2) is 56.4. The number of esters is 3. The van der Waals surface area contributed by atoms with Crippen LogP contribution in [0.25, 0.3) is 0 Å². The zero-order valence-electron chi connectivity index (χ0n) is 44.5. The summed E-state index contributed by atoms with van der Waals surface area (Å²) in [5, 5.41) is 0. The number of unbranched alkanes of at least 4 members (excludes halogenated alkanes) is 19. The van der Waals surface area contributed by atoms with Gasteiger partial charge >= 0.3 is 17.9 Å². The lowest BCUT2D eigenvalue weighted by atomic mass is 10.1. The zero-order chi connectivity index (χ0) is 50.0. The fourth-order valence-electron chi connectivity index (χ4n) is 7.28. The van der Waals surface area contributed by atoms with Crippen LogP contribution in [-0.4, -0.2) is 37.2 Å². The molecule has 0 bridgehead atoms.